The first kappa shape index (κ1) is 20.6. The van der Waals surface area contributed by atoms with Crippen molar-refractivity contribution in [1.29, 1.82) is 0 Å². The number of carbonyl (C=O) groups excluding carboxylic acids is 1. The van der Waals surface area contributed by atoms with Crippen molar-refractivity contribution >= 4 is 29.3 Å². The van der Waals surface area contributed by atoms with Crippen LogP contribution in [-0.2, 0) is 14.3 Å². The first-order valence-electron chi connectivity index (χ1n) is 12.0. The molecule has 0 N–H and O–H groups in total. The lowest BCUT2D eigenvalue weighted by molar-refractivity contribution is -0.344. The van der Waals surface area contributed by atoms with Crippen LogP contribution in [0.1, 0.15) is 65.7 Å². The Morgan fingerprint density at radius 3 is 2.53 bits per heavy atom. The Labute approximate surface area is 189 Å². The molecule has 6 atom stereocenters. The standard InChI is InChI=1S/C25H36O3S2/c1-21(2)19-7-6-16-17(23(19)10-11-25(21,27-4)28-15-23)8-9-22(3)18(16)14-24(20(22)26)29-12-5-13-30-24/h7,16-18H,5-6,8-15H2,1-4H3. The molecule has 0 aromatic carbocycles. The van der Waals surface area contributed by atoms with Gasteiger partial charge in [0.1, 0.15) is 4.08 Å². The van der Waals surface area contributed by atoms with Crippen molar-refractivity contribution < 1.29 is 14.3 Å². The number of rotatable bonds is 1. The Bertz CT molecular complexity index is 803. The number of allylic oxidation sites excluding steroid dienone is 1. The predicted molar refractivity (Wildman–Crippen MR) is 124 cm³/mol. The van der Waals surface area contributed by atoms with Crippen molar-refractivity contribution in [2.75, 3.05) is 25.2 Å². The molecule has 3 heterocycles. The summed E-state index contributed by atoms with van der Waals surface area (Å²) in [7, 11) is 1.82. The highest BCUT2D eigenvalue weighted by atomic mass is 32.2. The summed E-state index contributed by atoms with van der Waals surface area (Å²) >= 11 is 3.96. The maximum absolute atomic E-state index is 13.8. The van der Waals surface area contributed by atoms with Crippen LogP contribution < -0.4 is 0 Å². The number of ketones is 1. The van der Waals surface area contributed by atoms with Gasteiger partial charge in [0.05, 0.1) is 6.61 Å². The van der Waals surface area contributed by atoms with E-state index in [0.29, 0.717) is 23.5 Å². The van der Waals surface area contributed by atoms with Gasteiger partial charge >= 0.3 is 0 Å². The minimum Gasteiger partial charge on any atom is -0.352 e. The summed E-state index contributed by atoms with van der Waals surface area (Å²) < 4.78 is 12.4. The van der Waals surface area contributed by atoms with Gasteiger partial charge in [0.25, 0.3) is 0 Å². The Balaban J connectivity index is 1.40. The monoisotopic (exact) mass is 448 g/mol. The van der Waals surface area contributed by atoms with E-state index in [2.05, 4.69) is 26.8 Å². The summed E-state index contributed by atoms with van der Waals surface area (Å²) in [6.45, 7) is 7.82. The van der Waals surface area contributed by atoms with Crippen molar-refractivity contribution in [3.63, 3.8) is 0 Å². The number of fused-ring (bicyclic) bond motifs is 5. The normalized spacial score (nSPS) is 50.6. The second kappa shape index (κ2) is 6.33. The van der Waals surface area contributed by atoms with Crippen molar-refractivity contribution in [2.24, 2.45) is 34.0 Å². The van der Waals surface area contributed by atoms with Gasteiger partial charge in [0.2, 0.25) is 0 Å². The van der Waals surface area contributed by atoms with Crippen molar-refractivity contribution in [1.82, 2.24) is 0 Å². The molecule has 0 aromatic rings. The lowest BCUT2D eigenvalue weighted by atomic mass is 9.43. The second-order valence-corrected chi connectivity index (χ2v) is 14.6. The van der Waals surface area contributed by atoms with E-state index in [1.807, 2.05) is 30.6 Å². The molecule has 7 rings (SSSR count). The van der Waals surface area contributed by atoms with Gasteiger partial charge in [-0.3, -0.25) is 4.79 Å². The average Bonchev–Trinajstić information content (AvgIpc) is 2.96. The number of Topliss-reactive ketones (excluding diaryl/α,β-unsaturated/α-hetero) is 1. The first-order chi connectivity index (χ1) is 14.2. The number of methoxy groups -OCH3 is 1. The Morgan fingerprint density at radius 2 is 1.87 bits per heavy atom. The third-order valence-corrected chi connectivity index (χ3v) is 13.7. The molecule has 3 nitrogen and oxygen atoms in total. The molecule has 2 bridgehead atoms. The molecule has 0 aromatic heterocycles. The first-order valence-corrected chi connectivity index (χ1v) is 13.9. The molecule has 7 aliphatic rings. The van der Waals surface area contributed by atoms with E-state index in [9.17, 15) is 4.79 Å². The maximum atomic E-state index is 13.8. The number of ether oxygens (including phenoxy) is 2. The topological polar surface area (TPSA) is 35.5 Å². The van der Waals surface area contributed by atoms with Crippen molar-refractivity contribution in [3.8, 4) is 0 Å². The van der Waals surface area contributed by atoms with E-state index in [-0.39, 0.29) is 20.3 Å². The quantitative estimate of drug-likeness (QED) is 0.482. The summed E-state index contributed by atoms with van der Waals surface area (Å²) in [6, 6.07) is 0. The van der Waals surface area contributed by atoms with Crippen LogP contribution >= 0.6 is 23.5 Å². The Hall–Kier alpha value is 0.0300. The van der Waals surface area contributed by atoms with Gasteiger partial charge in [-0.15, -0.1) is 23.5 Å². The van der Waals surface area contributed by atoms with Gasteiger partial charge in [0, 0.05) is 29.8 Å². The summed E-state index contributed by atoms with van der Waals surface area (Å²) in [5.41, 5.74) is 1.58. The third-order valence-electron chi connectivity index (χ3n) is 10.4. The molecule has 3 aliphatic heterocycles. The molecule has 3 saturated heterocycles. The minimum absolute atomic E-state index is 0.0776. The molecule has 5 heteroatoms. The Kier molecular flexibility index (Phi) is 4.35. The molecule has 6 unspecified atom stereocenters. The number of hydrogen-bond acceptors (Lipinski definition) is 5. The van der Waals surface area contributed by atoms with E-state index in [1.165, 1.54) is 19.3 Å². The molecular formula is C25H36O3S2. The molecule has 2 spiro atoms. The number of thioether (sulfide) groups is 2. The van der Waals surface area contributed by atoms with Crippen LogP contribution in [0.3, 0.4) is 0 Å². The molecule has 0 radical (unpaired) electrons. The molecule has 4 aliphatic carbocycles. The van der Waals surface area contributed by atoms with Crippen molar-refractivity contribution in [2.45, 2.75) is 75.6 Å². The summed E-state index contributed by atoms with van der Waals surface area (Å²) in [4.78, 5) is 13.8. The van der Waals surface area contributed by atoms with E-state index in [4.69, 9.17) is 9.47 Å². The minimum atomic E-state index is -0.459. The molecule has 166 valence electrons. The largest absolute Gasteiger partial charge is 0.352 e. The number of carbonyl (C=O) groups is 1. The highest BCUT2D eigenvalue weighted by molar-refractivity contribution is 8.20. The van der Waals surface area contributed by atoms with E-state index in [0.717, 1.165) is 43.8 Å². The molecule has 6 fully saturated rings. The molecule has 0 amide bonds. The van der Waals surface area contributed by atoms with Gasteiger partial charge in [-0.2, -0.15) is 0 Å². The van der Waals surface area contributed by atoms with Gasteiger partial charge in [0.15, 0.2) is 11.6 Å². The molecular weight excluding hydrogens is 412 g/mol. The van der Waals surface area contributed by atoms with Crippen LogP contribution in [0.15, 0.2) is 11.6 Å². The lowest BCUT2D eigenvalue weighted by Crippen LogP contribution is -2.67. The predicted octanol–water partition coefficient (Wildman–Crippen LogP) is 5.68. The van der Waals surface area contributed by atoms with Crippen molar-refractivity contribution in [3.05, 3.63) is 11.6 Å². The zero-order chi connectivity index (χ0) is 21.0. The summed E-state index contributed by atoms with van der Waals surface area (Å²) in [5.74, 6) is 4.27. The van der Waals surface area contributed by atoms with Crippen LogP contribution in [0.2, 0.25) is 0 Å². The van der Waals surface area contributed by atoms with E-state index < -0.39 is 5.79 Å². The van der Waals surface area contributed by atoms with E-state index >= 15 is 0 Å². The fourth-order valence-electron chi connectivity index (χ4n) is 8.85. The highest BCUT2D eigenvalue weighted by Crippen LogP contribution is 2.73. The second-order valence-electron chi connectivity index (χ2n) is 11.5. The average molecular weight is 449 g/mol. The summed E-state index contributed by atoms with van der Waals surface area (Å²) in [6.07, 6.45) is 10.5. The van der Waals surface area contributed by atoms with Gasteiger partial charge in [-0.25, -0.2) is 0 Å². The Morgan fingerprint density at radius 1 is 1.10 bits per heavy atom. The van der Waals surface area contributed by atoms with Crippen LogP contribution in [0.4, 0.5) is 0 Å². The van der Waals surface area contributed by atoms with Crippen LogP contribution in [0.25, 0.3) is 0 Å². The lowest BCUT2D eigenvalue weighted by Gasteiger charge is -2.68. The van der Waals surface area contributed by atoms with Gasteiger partial charge in [-0.1, -0.05) is 32.4 Å². The van der Waals surface area contributed by atoms with Gasteiger partial charge < -0.3 is 9.47 Å². The van der Waals surface area contributed by atoms with Gasteiger partial charge in [-0.05, 0) is 67.8 Å². The molecule has 30 heavy (non-hydrogen) atoms. The maximum Gasteiger partial charge on any atom is 0.176 e. The smallest absolute Gasteiger partial charge is 0.176 e. The van der Waals surface area contributed by atoms with Crippen LogP contribution in [0.5, 0.6) is 0 Å². The van der Waals surface area contributed by atoms with Crippen LogP contribution in [0, 0.1) is 34.0 Å². The highest BCUT2D eigenvalue weighted by Gasteiger charge is 2.71. The van der Waals surface area contributed by atoms with E-state index in [1.54, 1.807) is 5.57 Å². The zero-order valence-electron chi connectivity index (χ0n) is 18.9. The summed E-state index contributed by atoms with van der Waals surface area (Å²) in [5, 5.41) is 0. The number of hydrogen-bond donors (Lipinski definition) is 0. The zero-order valence-corrected chi connectivity index (χ0v) is 20.6. The fraction of sp³-hybridized carbons (Fsp3) is 0.880. The third kappa shape index (κ3) is 2.22. The van der Waals surface area contributed by atoms with Crippen LogP contribution in [-0.4, -0.2) is 40.9 Å². The fourth-order valence-corrected chi connectivity index (χ4v) is 12.4. The molecule has 3 saturated carbocycles. The SMILES string of the molecule is COC12CCC3(CO1)C(=CCC1C4CC5(SCCCS5)C(=O)C4(C)CCC13)C2(C)C.